The summed E-state index contributed by atoms with van der Waals surface area (Å²) in [5.41, 5.74) is 3.69. The molecule has 0 spiro atoms. The van der Waals surface area contributed by atoms with E-state index >= 15 is 0 Å². The summed E-state index contributed by atoms with van der Waals surface area (Å²) in [5, 5.41) is 11.7. The largest absolute Gasteiger partial charge is 0.507 e. The van der Waals surface area contributed by atoms with Crippen molar-refractivity contribution in [1.82, 2.24) is 0 Å². The highest BCUT2D eigenvalue weighted by Gasteiger charge is 2.35. The first-order valence-electron chi connectivity index (χ1n) is 15.4. The molecule has 2 aromatic carbocycles. The molecule has 0 saturated carbocycles. The van der Waals surface area contributed by atoms with Crippen LogP contribution < -0.4 is 9.47 Å². The molecule has 39 heavy (non-hydrogen) atoms. The highest BCUT2D eigenvalue weighted by molar-refractivity contribution is 6.30. The second kappa shape index (κ2) is 14.7. The van der Waals surface area contributed by atoms with E-state index in [-0.39, 0.29) is 5.60 Å². The van der Waals surface area contributed by atoms with Crippen LogP contribution in [0, 0.1) is 31.6 Å². The van der Waals surface area contributed by atoms with Gasteiger partial charge in [-0.05, 0) is 99.6 Å². The van der Waals surface area contributed by atoms with Gasteiger partial charge in [0.2, 0.25) is 0 Å². The molecule has 3 rings (SSSR count). The number of aromatic hydroxyl groups is 1. The molecule has 3 unspecified atom stereocenters. The molecule has 4 heteroatoms. The van der Waals surface area contributed by atoms with Gasteiger partial charge in [-0.25, -0.2) is 0 Å². The molecule has 1 heterocycles. The third-order valence-corrected chi connectivity index (χ3v) is 9.16. The fraction of sp³-hybridized carbons (Fsp3) is 0.657. The first-order chi connectivity index (χ1) is 18.5. The zero-order valence-corrected chi connectivity index (χ0v) is 26.4. The number of hydrogen-bond acceptors (Lipinski definition) is 3. The van der Waals surface area contributed by atoms with Crippen molar-refractivity contribution in [2.24, 2.45) is 17.8 Å². The summed E-state index contributed by atoms with van der Waals surface area (Å²) in [6.45, 7) is 16.1. The first kappa shape index (κ1) is 31.7. The molecule has 0 saturated heterocycles. The summed E-state index contributed by atoms with van der Waals surface area (Å²) in [5.74, 6) is 4.48. The monoisotopic (exact) mass is 556 g/mol. The minimum absolute atomic E-state index is 0.167. The number of ether oxygens (including phenoxy) is 2. The normalized spacial score (nSPS) is 18.5. The Morgan fingerprint density at radius 2 is 1.49 bits per heavy atom. The Kier molecular flexibility index (Phi) is 11.9. The minimum atomic E-state index is -0.167. The molecule has 3 atom stereocenters. The Labute approximate surface area is 243 Å². The van der Waals surface area contributed by atoms with Gasteiger partial charge in [0.25, 0.3) is 0 Å². The number of hydrogen-bond donors (Lipinski definition) is 1. The Balaban J connectivity index is 1.51. The van der Waals surface area contributed by atoms with E-state index in [4.69, 9.17) is 21.1 Å². The quantitative estimate of drug-likeness (QED) is 0.237. The summed E-state index contributed by atoms with van der Waals surface area (Å²) < 4.78 is 12.8. The van der Waals surface area contributed by atoms with E-state index in [1.165, 1.54) is 51.4 Å². The van der Waals surface area contributed by atoms with Crippen LogP contribution in [-0.2, 0) is 13.0 Å². The zero-order chi connectivity index (χ0) is 28.6. The van der Waals surface area contributed by atoms with Crippen molar-refractivity contribution in [3.05, 3.63) is 51.5 Å². The van der Waals surface area contributed by atoms with Crippen molar-refractivity contribution < 1.29 is 14.6 Å². The van der Waals surface area contributed by atoms with Gasteiger partial charge in [-0.3, -0.25) is 0 Å². The van der Waals surface area contributed by atoms with Crippen LogP contribution >= 0.6 is 11.6 Å². The molecule has 0 aromatic heterocycles. The van der Waals surface area contributed by atoms with Crippen molar-refractivity contribution in [3.63, 3.8) is 0 Å². The van der Waals surface area contributed by atoms with Crippen molar-refractivity contribution in [1.29, 1.82) is 0 Å². The van der Waals surface area contributed by atoms with Gasteiger partial charge in [-0.2, -0.15) is 0 Å². The number of halogens is 1. The smallest absolute Gasteiger partial charge is 0.127 e. The Hall–Kier alpha value is -1.87. The van der Waals surface area contributed by atoms with Crippen LogP contribution in [0.3, 0.4) is 0 Å². The second-order valence-electron chi connectivity index (χ2n) is 13.0. The second-order valence-corrected chi connectivity index (χ2v) is 13.5. The van der Waals surface area contributed by atoms with E-state index in [2.05, 4.69) is 41.5 Å². The number of phenolic OH excluding ortho intramolecular Hbond substituents is 1. The zero-order valence-electron chi connectivity index (χ0n) is 25.7. The maximum absolute atomic E-state index is 11.0. The number of fused-ring (bicyclic) bond motifs is 1. The van der Waals surface area contributed by atoms with E-state index < -0.39 is 0 Å². The van der Waals surface area contributed by atoms with Gasteiger partial charge in [0.1, 0.15) is 29.5 Å². The molecule has 0 amide bonds. The van der Waals surface area contributed by atoms with E-state index in [1.54, 1.807) is 0 Å². The Bertz CT molecular complexity index is 1050. The summed E-state index contributed by atoms with van der Waals surface area (Å²) in [7, 11) is 0. The topological polar surface area (TPSA) is 38.7 Å². The summed E-state index contributed by atoms with van der Waals surface area (Å²) in [6.07, 6.45) is 13.6. The van der Waals surface area contributed by atoms with Crippen LogP contribution in [0.25, 0.3) is 0 Å². The first-order valence-corrected chi connectivity index (χ1v) is 15.8. The molecule has 1 aliphatic rings. The molecular formula is C35H53ClO3. The van der Waals surface area contributed by atoms with E-state index in [0.717, 1.165) is 70.8 Å². The average molecular weight is 557 g/mol. The molecule has 2 aromatic rings. The number of phenols is 1. The molecule has 0 bridgehead atoms. The van der Waals surface area contributed by atoms with Gasteiger partial charge in [-0.15, -0.1) is 0 Å². The van der Waals surface area contributed by atoms with Crippen LogP contribution in [0.2, 0.25) is 5.02 Å². The molecule has 218 valence electrons. The number of rotatable bonds is 15. The van der Waals surface area contributed by atoms with Gasteiger partial charge in [0.15, 0.2) is 0 Å². The third-order valence-electron chi connectivity index (χ3n) is 8.91. The molecular weight excluding hydrogens is 504 g/mol. The lowest BCUT2D eigenvalue weighted by Crippen LogP contribution is -2.37. The third kappa shape index (κ3) is 9.34. The minimum Gasteiger partial charge on any atom is -0.507 e. The van der Waals surface area contributed by atoms with E-state index in [9.17, 15) is 5.11 Å². The van der Waals surface area contributed by atoms with Gasteiger partial charge >= 0.3 is 0 Å². The van der Waals surface area contributed by atoms with Gasteiger partial charge < -0.3 is 14.6 Å². The van der Waals surface area contributed by atoms with Crippen LogP contribution in [0.1, 0.15) is 121 Å². The van der Waals surface area contributed by atoms with Gasteiger partial charge in [-0.1, -0.05) is 84.2 Å². The van der Waals surface area contributed by atoms with Crippen LogP contribution in [-0.4, -0.2) is 10.7 Å². The lowest BCUT2D eigenvalue weighted by molar-refractivity contribution is 0.0507. The number of benzene rings is 2. The molecule has 1 N–H and O–H groups in total. The predicted molar refractivity (Wildman–Crippen MR) is 165 cm³/mol. The Morgan fingerprint density at radius 3 is 2.10 bits per heavy atom. The predicted octanol–water partition coefficient (Wildman–Crippen LogP) is 10.8. The van der Waals surface area contributed by atoms with E-state index in [1.807, 2.05) is 31.2 Å². The fourth-order valence-corrected chi connectivity index (χ4v) is 6.12. The van der Waals surface area contributed by atoms with Gasteiger partial charge in [0, 0.05) is 16.1 Å². The Morgan fingerprint density at radius 1 is 0.897 bits per heavy atom. The highest BCUT2D eigenvalue weighted by atomic mass is 35.5. The average Bonchev–Trinajstić information content (AvgIpc) is 2.88. The van der Waals surface area contributed by atoms with Crippen LogP contribution in [0.4, 0.5) is 0 Å². The van der Waals surface area contributed by atoms with E-state index in [0.29, 0.717) is 17.4 Å². The molecule has 3 nitrogen and oxygen atoms in total. The molecule has 0 aliphatic carbocycles. The van der Waals surface area contributed by atoms with Crippen LogP contribution in [0.5, 0.6) is 17.2 Å². The molecule has 0 radical (unpaired) electrons. The maximum atomic E-state index is 11.0. The molecule has 1 aliphatic heterocycles. The summed E-state index contributed by atoms with van der Waals surface area (Å²) >= 11 is 6.01. The lowest BCUT2D eigenvalue weighted by Gasteiger charge is -2.38. The standard InChI is InChI=1S/C35H53ClO3/c1-24(2)11-8-12-25(3)13-9-14-26(4)15-10-21-35(7)22-20-31-32(23-38-30-18-16-29(36)17-19-30)33(37)27(5)28(6)34(31)39-35/h16-19,24-26,37H,8-15,20-23H2,1-7H3. The van der Waals surface area contributed by atoms with Crippen LogP contribution in [0.15, 0.2) is 24.3 Å². The SMILES string of the molecule is Cc1c(C)c2c(c(COc3ccc(Cl)cc3)c1O)CCC(C)(CCCC(C)CCCC(C)CCCC(C)C)O2. The summed E-state index contributed by atoms with van der Waals surface area (Å²) in [4.78, 5) is 0. The lowest BCUT2D eigenvalue weighted by atomic mass is 9.83. The van der Waals surface area contributed by atoms with Crippen molar-refractivity contribution in [2.45, 2.75) is 131 Å². The fourth-order valence-electron chi connectivity index (χ4n) is 5.99. The van der Waals surface area contributed by atoms with Crippen molar-refractivity contribution in [3.8, 4) is 17.2 Å². The molecule has 0 fully saturated rings. The van der Waals surface area contributed by atoms with Crippen molar-refractivity contribution >= 4 is 11.6 Å². The maximum Gasteiger partial charge on any atom is 0.127 e. The highest BCUT2D eigenvalue weighted by Crippen LogP contribution is 2.45. The van der Waals surface area contributed by atoms with Crippen molar-refractivity contribution in [2.75, 3.05) is 0 Å². The van der Waals surface area contributed by atoms with Gasteiger partial charge in [0.05, 0.1) is 0 Å². The summed E-state index contributed by atoms with van der Waals surface area (Å²) in [6, 6.07) is 7.35.